The molecule has 3 N–H and O–H groups in total. The fourth-order valence-corrected chi connectivity index (χ4v) is 1.57. The van der Waals surface area contributed by atoms with Gasteiger partial charge in [0.1, 0.15) is 5.75 Å². The third-order valence-corrected chi connectivity index (χ3v) is 2.46. The zero-order valence-corrected chi connectivity index (χ0v) is 10.6. The summed E-state index contributed by atoms with van der Waals surface area (Å²) in [7, 11) is 1.62. The third-order valence-electron chi connectivity index (χ3n) is 2.46. The van der Waals surface area contributed by atoms with Crippen molar-refractivity contribution in [2.24, 2.45) is 0 Å². The van der Waals surface area contributed by atoms with E-state index >= 15 is 0 Å². The molecule has 0 saturated carbocycles. The maximum absolute atomic E-state index is 5.85. The average Bonchev–Trinajstić information content (AvgIpc) is 2.77. The zero-order chi connectivity index (χ0) is 13.0. The van der Waals surface area contributed by atoms with Gasteiger partial charge in [-0.15, -0.1) is 5.10 Å². The van der Waals surface area contributed by atoms with Gasteiger partial charge in [0.15, 0.2) is 0 Å². The maximum atomic E-state index is 5.85. The van der Waals surface area contributed by atoms with E-state index in [1.807, 2.05) is 24.3 Å². The summed E-state index contributed by atoms with van der Waals surface area (Å²) in [6.07, 6.45) is 1.01. The Morgan fingerprint density at radius 1 is 1.44 bits per heavy atom. The summed E-state index contributed by atoms with van der Waals surface area (Å²) in [5, 5.41) is 7.41. The second kappa shape index (κ2) is 5.39. The minimum atomic E-state index is 0.349. The quantitative estimate of drug-likeness (QED) is 0.840. The van der Waals surface area contributed by atoms with Crippen molar-refractivity contribution in [3.8, 4) is 11.4 Å². The molecule has 1 aromatic carbocycles. The highest BCUT2D eigenvalue weighted by Gasteiger charge is 2.08. The SMILES string of the molecule is CCCNc1nc(N)n(-c2cccc(OC)c2)n1. The lowest BCUT2D eigenvalue weighted by Crippen LogP contribution is -2.03. The van der Waals surface area contributed by atoms with Crippen molar-refractivity contribution in [3.63, 3.8) is 0 Å². The summed E-state index contributed by atoms with van der Waals surface area (Å²) in [5.41, 5.74) is 6.67. The Bertz CT molecular complexity index is 523. The van der Waals surface area contributed by atoms with Crippen LogP contribution in [0, 0.1) is 0 Å². The average molecular weight is 247 g/mol. The number of methoxy groups -OCH3 is 1. The summed E-state index contributed by atoms with van der Waals surface area (Å²) in [4.78, 5) is 4.16. The smallest absolute Gasteiger partial charge is 0.244 e. The second-order valence-corrected chi connectivity index (χ2v) is 3.83. The van der Waals surface area contributed by atoms with Crippen LogP contribution in [0.5, 0.6) is 5.75 Å². The molecule has 0 radical (unpaired) electrons. The van der Waals surface area contributed by atoms with Crippen molar-refractivity contribution < 1.29 is 4.74 Å². The van der Waals surface area contributed by atoms with Gasteiger partial charge >= 0.3 is 0 Å². The number of hydrogen-bond acceptors (Lipinski definition) is 5. The zero-order valence-electron chi connectivity index (χ0n) is 10.6. The first-order chi connectivity index (χ1) is 8.74. The number of nitrogens with one attached hydrogen (secondary N) is 1. The van der Waals surface area contributed by atoms with Crippen molar-refractivity contribution in [2.75, 3.05) is 24.7 Å². The first-order valence-corrected chi connectivity index (χ1v) is 5.85. The minimum Gasteiger partial charge on any atom is -0.497 e. The summed E-state index contributed by atoms with van der Waals surface area (Å²) in [6, 6.07) is 7.51. The number of nitrogens with two attached hydrogens (primary N) is 1. The van der Waals surface area contributed by atoms with E-state index in [1.165, 1.54) is 0 Å². The maximum Gasteiger partial charge on any atom is 0.244 e. The Morgan fingerprint density at radius 2 is 2.28 bits per heavy atom. The molecule has 0 unspecified atom stereocenters. The molecule has 0 fully saturated rings. The highest BCUT2D eigenvalue weighted by molar-refractivity contribution is 5.45. The van der Waals surface area contributed by atoms with Gasteiger partial charge in [0.2, 0.25) is 11.9 Å². The number of ether oxygens (including phenoxy) is 1. The minimum absolute atomic E-state index is 0.349. The van der Waals surface area contributed by atoms with E-state index in [0.717, 1.165) is 24.4 Å². The Morgan fingerprint density at radius 3 is 3.00 bits per heavy atom. The highest BCUT2D eigenvalue weighted by atomic mass is 16.5. The van der Waals surface area contributed by atoms with Crippen LogP contribution in [-0.4, -0.2) is 28.4 Å². The predicted octanol–water partition coefficient (Wildman–Crippen LogP) is 1.68. The molecule has 0 aliphatic carbocycles. The molecule has 0 atom stereocenters. The fourth-order valence-electron chi connectivity index (χ4n) is 1.57. The number of nitrogens with zero attached hydrogens (tertiary/aromatic N) is 3. The van der Waals surface area contributed by atoms with Crippen LogP contribution in [0.15, 0.2) is 24.3 Å². The first-order valence-electron chi connectivity index (χ1n) is 5.85. The van der Waals surface area contributed by atoms with Gasteiger partial charge in [-0.3, -0.25) is 0 Å². The van der Waals surface area contributed by atoms with Crippen molar-refractivity contribution in [1.82, 2.24) is 14.8 Å². The van der Waals surface area contributed by atoms with Gasteiger partial charge in [-0.2, -0.15) is 9.67 Å². The van der Waals surface area contributed by atoms with Gasteiger partial charge in [0, 0.05) is 12.6 Å². The monoisotopic (exact) mass is 247 g/mol. The number of hydrogen-bond donors (Lipinski definition) is 2. The molecule has 1 heterocycles. The van der Waals surface area contributed by atoms with E-state index in [-0.39, 0.29) is 0 Å². The van der Waals surface area contributed by atoms with E-state index in [1.54, 1.807) is 11.8 Å². The molecule has 2 aromatic rings. The molecule has 0 amide bonds. The van der Waals surface area contributed by atoms with Crippen LogP contribution < -0.4 is 15.8 Å². The van der Waals surface area contributed by atoms with Crippen molar-refractivity contribution >= 4 is 11.9 Å². The van der Waals surface area contributed by atoms with Crippen LogP contribution in [0.3, 0.4) is 0 Å². The number of nitrogen functional groups attached to an aromatic ring is 1. The molecule has 18 heavy (non-hydrogen) atoms. The molecular formula is C12H17N5O. The van der Waals surface area contributed by atoms with Gasteiger partial charge in [0.25, 0.3) is 0 Å². The van der Waals surface area contributed by atoms with Gasteiger partial charge in [-0.25, -0.2) is 0 Å². The van der Waals surface area contributed by atoms with Gasteiger partial charge in [-0.05, 0) is 18.6 Å². The lowest BCUT2D eigenvalue weighted by Gasteiger charge is -2.04. The number of rotatable bonds is 5. The lowest BCUT2D eigenvalue weighted by atomic mass is 10.3. The second-order valence-electron chi connectivity index (χ2n) is 3.83. The van der Waals surface area contributed by atoms with Crippen LogP contribution in [-0.2, 0) is 0 Å². The van der Waals surface area contributed by atoms with E-state index < -0.39 is 0 Å². The van der Waals surface area contributed by atoms with Crippen molar-refractivity contribution in [3.05, 3.63) is 24.3 Å². The molecule has 6 nitrogen and oxygen atoms in total. The van der Waals surface area contributed by atoms with Crippen LogP contribution >= 0.6 is 0 Å². The molecule has 0 spiro atoms. The van der Waals surface area contributed by atoms with Crippen molar-refractivity contribution in [2.45, 2.75) is 13.3 Å². The molecule has 0 saturated heterocycles. The van der Waals surface area contributed by atoms with E-state index in [4.69, 9.17) is 10.5 Å². The molecular weight excluding hydrogens is 230 g/mol. The number of benzene rings is 1. The van der Waals surface area contributed by atoms with Crippen LogP contribution in [0.4, 0.5) is 11.9 Å². The van der Waals surface area contributed by atoms with E-state index in [0.29, 0.717) is 11.9 Å². The van der Waals surface area contributed by atoms with Gasteiger partial charge in [-0.1, -0.05) is 13.0 Å². The molecule has 0 bridgehead atoms. The summed E-state index contributed by atoms with van der Waals surface area (Å²) < 4.78 is 6.75. The third kappa shape index (κ3) is 2.53. The largest absolute Gasteiger partial charge is 0.497 e. The number of aromatic nitrogens is 3. The fraction of sp³-hybridized carbons (Fsp3) is 0.333. The lowest BCUT2D eigenvalue weighted by molar-refractivity contribution is 0.414. The Balaban J connectivity index is 2.29. The van der Waals surface area contributed by atoms with E-state index in [2.05, 4.69) is 22.3 Å². The summed E-state index contributed by atoms with van der Waals surface area (Å²) in [6.45, 7) is 2.90. The number of anilines is 2. The molecule has 0 aliphatic heterocycles. The van der Waals surface area contributed by atoms with Gasteiger partial charge < -0.3 is 15.8 Å². The molecule has 96 valence electrons. The normalized spacial score (nSPS) is 10.3. The molecule has 6 heteroatoms. The summed E-state index contributed by atoms with van der Waals surface area (Å²) >= 11 is 0. The van der Waals surface area contributed by atoms with Gasteiger partial charge in [0.05, 0.1) is 12.8 Å². The van der Waals surface area contributed by atoms with E-state index in [9.17, 15) is 0 Å². The Kier molecular flexibility index (Phi) is 3.66. The van der Waals surface area contributed by atoms with Crippen LogP contribution in [0.25, 0.3) is 5.69 Å². The van der Waals surface area contributed by atoms with Crippen LogP contribution in [0.2, 0.25) is 0 Å². The summed E-state index contributed by atoms with van der Waals surface area (Å²) in [5.74, 6) is 1.64. The Hall–Kier alpha value is -2.24. The van der Waals surface area contributed by atoms with Crippen LogP contribution in [0.1, 0.15) is 13.3 Å². The molecule has 2 rings (SSSR count). The molecule has 1 aromatic heterocycles. The standard InChI is InChI=1S/C12H17N5O/c1-3-7-14-12-15-11(13)17(16-12)9-5-4-6-10(8-9)18-2/h4-6,8H,3,7H2,1-2H3,(H3,13,14,15,16). The topological polar surface area (TPSA) is 78.0 Å². The molecule has 0 aliphatic rings. The Labute approximate surface area is 106 Å². The van der Waals surface area contributed by atoms with Crippen molar-refractivity contribution in [1.29, 1.82) is 0 Å². The first kappa shape index (κ1) is 12.2. The highest BCUT2D eigenvalue weighted by Crippen LogP contribution is 2.18. The predicted molar refractivity (Wildman–Crippen MR) is 71.1 cm³/mol.